The van der Waals surface area contributed by atoms with E-state index in [1.54, 1.807) is 0 Å². The molecule has 3 aliphatic rings. The SMILES string of the molecule is c1ccc(B2OC[C@@H]3OB(c4ccccc4)O[C@@H]([C@@H]4COB(c5ccccc5)O4)[C@H]3O2)cc1. The van der Waals surface area contributed by atoms with Crippen LogP contribution in [0.1, 0.15) is 0 Å². The van der Waals surface area contributed by atoms with Crippen molar-refractivity contribution in [1.29, 1.82) is 0 Å². The molecule has 3 aliphatic heterocycles. The van der Waals surface area contributed by atoms with Crippen molar-refractivity contribution in [3.05, 3.63) is 91.0 Å². The number of hydrogen-bond acceptors (Lipinski definition) is 6. The average molecular weight is 440 g/mol. The van der Waals surface area contributed by atoms with Crippen molar-refractivity contribution in [1.82, 2.24) is 0 Å². The van der Waals surface area contributed by atoms with Gasteiger partial charge in [0.15, 0.2) is 0 Å². The van der Waals surface area contributed by atoms with Gasteiger partial charge in [-0.25, -0.2) is 0 Å². The van der Waals surface area contributed by atoms with Crippen LogP contribution in [0.2, 0.25) is 0 Å². The van der Waals surface area contributed by atoms with Crippen LogP contribution in [0.3, 0.4) is 0 Å². The molecular weight excluding hydrogens is 417 g/mol. The summed E-state index contributed by atoms with van der Waals surface area (Å²) >= 11 is 0. The summed E-state index contributed by atoms with van der Waals surface area (Å²) in [7, 11) is -1.44. The smallest absolute Gasteiger partial charge is 0.405 e. The molecule has 3 saturated heterocycles. The number of rotatable bonds is 4. The van der Waals surface area contributed by atoms with Gasteiger partial charge in [-0.2, -0.15) is 0 Å². The van der Waals surface area contributed by atoms with Crippen LogP contribution >= 0.6 is 0 Å². The average Bonchev–Trinajstić information content (AvgIpc) is 3.39. The summed E-state index contributed by atoms with van der Waals surface area (Å²) in [5.41, 5.74) is 2.90. The second kappa shape index (κ2) is 9.47. The summed E-state index contributed by atoms with van der Waals surface area (Å²) in [6.45, 7) is 0.818. The Morgan fingerprint density at radius 1 is 0.455 bits per heavy atom. The van der Waals surface area contributed by atoms with Crippen molar-refractivity contribution in [2.75, 3.05) is 13.2 Å². The lowest BCUT2D eigenvalue weighted by molar-refractivity contribution is -0.146. The highest BCUT2D eigenvalue weighted by atomic mass is 16.7. The molecule has 3 heterocycles. The van der Waals surface area contributed by atoms with Crippen molar-refractivity contribution >= 4 is 37.7 Å². The van der Waals surface area contributed by atoms with Crippen molar-refractivity contribution in [2.45, 2.75) is 24.4 Å². The Hall–Kier alpha value is -2.39. The third-order valence-electron chi connectivity index (χ3n) is 6.25. The summed E-state index contributed by atoms with van der Waals surface area (Å²) in [6.07, 6.45) is -1.31. The van der Waals surface area contributed by atoms with Crippen LogP contribution in [0, 0.1) is 0 Å². The van der Waals surface area contributed by atoms with Gasteiger partial charge in [-0.3, -0.25) is 0 Å². The third kappa shape index (κ3) is 4.40. The van der Waals surface area contributed by atoms with Crippen LogP contribution in [0.4, 0.5) is 0 Å². The van der Waals surface area contributed by atoms with E-state index in [0.29, 0.717) is 13.2 Å². The lowest BCUT2D eigenvalue weighted by Gasteiger charge is -2.46. The van der Waals surface area contributed by atoms with Gasteiger partial charge in [-0.05, 0) is 16.4 Å². The summed E-state index contributed by atoms with van der Waals surface area (Å²) < 4.78 is 37.6. The Kier molecular flexibility index (Phi) is 6.07. The van der Waals surface area contributed by atoms with Crippen molar-refractivity contribution in [2.24, 2.45) is 0 Å². The normalized spacial score (nSPS) is 27.5. The van der Waals surface area contributed by atoms with E-state index in [1.165, 1.54) is 0 Å². The van der Waals surface area contributed by atoms with Gasteiger partial charge in [0.05, 0.1) is 37.6 Å². The maximum atomic E-state index is 6.49. The first kappa shape index (κ1) is 21.2. The molecule has 0 N–H and O–H groups in total. The van der Waals surface area contributed by atoms with Crippen LogP contribution in [0.5, 0.6) is 0 Å². The number of benzene rings is 3. The van der Waals surface area contributed by atoms with Gasteiger partial charge in [0.1, 0.15) is 0 Å². The lowest BCUT2D eigenvalue weighted by Crippen LogP contribution is -2.66. The minimum Gasteiger partial charge on any atom is -0.405 e. The van der Waals surface area contributed by atoms with Gasteiger partial charge in [0.2, 0.25) is 0 Å². The van der Waals surface area contributed by atoms with Crippen molar-refractivity contribution in [3.63, 3.8) is 0 Å². The summed E-state index contributed by atoms with van der Waals surface area (Å²) in [5, 5.41) is 0. The molecule has 3 fully saturated rings. The highest BCUT2D eigenvalue weighted by molar-refractivity contribution is 6.63. The van der Waals surface area contributed by atoms with Crippen LogP contribution in [0.25, 0.3) is 0 Å². The van der Waals surface area contributed by atoms with Crippen LogP contribution in [-0.4, -0.2) is 59.0 Å². The lowest BCUT2D eigenvalue weighted by atomic mass is 9.73. The molecule has 0 radical (unpaired) electrons. The Labute approximate surface area is 194 Å². The van der Waals surface area contributed by atoms with E-state index in [9.17, 15) is 0 Å². The van der Waals surface area contributed by atoms with Crippen LogP contribution in [0.15, 0.2) is 91.0 Å². The molecule has 0 bridgehead atoms. The Balaban J connectivity index is 1.26. The topological polar surface area (TPSA) is 55.4 Å². The molecular formula is C24H23B3O6. The minimum atomic E-state index is -0.530. The van der Waals surface area contributed by atoms with Crippen molar-refractivity contribution in [3.8, 4) is 0 Å². The highest BCUT2D eigenvalue weighted by Gasteiger charge is 2.53. The summed E-state index contributed by atoms with van der Waals surface area (Å²) in [4.78, 5) is 0. The van der Waals surface area contributed by atoms with E-state index in [-0.39, 0.29) is 24.4 Å². The maximum Gasteiger partial charge on any atom is 0.494 e. The van der Waals surface area contributed by atoms with Crippen molar-refractivity contribution < 1.29 is 27.9 Å². The number of hydrogen-bond donors (Lipinski definition) is 0. The predicted molar refractivity (Wildman–Crippen MR) is 127 cm³/mol. The fraction of sp³-hybridized carbons (Fsp3) is 0.250. The van der Waals surface area contributed by atoms with E-state index in [0.717, 1.165) is 16.4 Å². The Morgan fingerprint density at radius 3 is 1.30 bits per heavy atom. The number of fused-ring (bicyclic) bond motifs is 1. The van der Waals surface area contributed by atoms with Gasteiger partial charge in [0.25, 0.3) is 0 Å². The Morgan fingerprint density at radius 2 is 0.818 bits per heavy atom. The van der Waals surface area contributed by atoms with E-state index in [4.69, 9.17) is 27.9 Å². The van der Waals surface area contributed by atoms with Crippen LogP contribution < -0.4 is 16.4 Å². The van der Waals surface area contributed by atoms with E-state index >= 15 is 0 Å². The molecule has 9 heteroatoms. The molecule has 3 aromatic rings. The van der Waals surface area contributed by atoms with Gasteiger partial charge in [-0.1, -0.05) is 91.0 Å². The molecule has 0 amide bonds. The monoisotopic (exact) mass is 440 g/mol. The fourth-order valence-electron chi connectivity index (χ4n) is 4.59. The second-order valence-electron chi connectivity index (χ2n) is 8.44. The summed E-state index contributed by atoms with van der Waals surface area (Å²) in [6, 6.07) is 29.8. The molecule has 0 spiro atoms. The zero-order valence-electron chi connectivity index (χ0n) is 18.1. The van der Waals surface area contributed by atoms with E-state index < -0.39 is 21.4 Å². The molecule has 0 unspecified atom stereocenters. The third-order valence-corrected chi connectivity index (χ3v) is 6.25. The molecule has 3 aromatic carbocycles. The standard InChI is InChI=1S/C24H23B3O6/c1-4-10-18(11-5-1)25-28-16-21(30-25)24-23-22(31-27(33-24)20-14-8-3-9-15-20)17-29-26(32-23)19-12-6-2-7-13-19/h1-15,21-24H,16-17H2/t21-,22-,23-,24-/m0/s1. The molecule has 164 valence electrons. The van der Waals surface area contributed by atoms with Crippen LogP contribution in [-0.2, 0) is 27.9 Å². The van der Waals surface area contributed by atoms with E-state index in [1.807, 2.05) is 91.0 Å². The molecule has 6 nitrogen and oxygen atoms in total. The van der Waals surface area contributed by atoms with Gasteiger partial charge >= 0.3 is 21.4 Å². The molecule has 0 aliphatic carbocycles. The molecule has 0 saturated carbocycles. The summed E-state index contributed by atoms with van der Waals surface area (Å²) in [5.74, 6) is 0. The Bertz CT molecular complexity index is 1040. The molecule has 0 aromatic heterocycles. The molecule has 33 heavy (non-hydrogen) atoms. The predicted octanol–water partition coefficient (Wildman–Crippen LogP) is 0.787. The second-order valence-corrected chi connectivity index (χ2v) is 8.44. The minimum absolute atomic E-state index is 0.284. The first-order valence-electron chi connectivity index (χ1n) is 11.3. The maximum absolute atomic E-state index is 6.49. The largest absolute Gasteiger partial charge is 0.494 e. The zero-order chi connectivity index (χ0) is 22.0. The zero-order valence-corrected chi connectivity index (χ0v) is 18.1. The molecule has 4 atom stereocenters. The van der Waals surface area contributed by atoms with Gasteiger partial charge in [-0.15, -0.1) is 0 Å². The quantitative estimate of drug-likeness (QED) is 0.560. The first-order valence-corrected chi connectivity index (χ1v) is 11.3. The van der Waals surface area contributed by atoms with Gasteiger partial charge < -0.3 is 27.9 Å². The highest BCUT2D eigenvalue weighted by Crippen LogP contribution is 2.30. The fourth-order valence-corrected chi connectivity index (χ4v) is 4.59. The first-order chi connectivity index (χ1) is 16.3. The molecule has 6 rings (SSSR count). The van der Waals surface area contributed by atoms with Gasteiger partial charge in [0, 0.05) is 0 Å². The van der Waals surface area contributed by atoms with E-state index in [2.05, 4.69) is 0 Å².